The molecule has 0 saturated heterocycles. The van der Waals surface area contributed by atoms with Crippen LogP contribution in [0, 0.1) is 0 Å². The fourth-order valence-corrected chi connectivity index (χ4v) is 5.64. The first-order valence-electron chi connectivity index (χ1n) is 8.15. The van der Waals surface area contributed by atoms with Crippen molar-refractivity contribution in [2.24, 2.45) is 0 Å². The van der Waals surface area contributed by atoms with Gasteiger partial charge in [-0.05, 0) is 28.8 Å². The number of hydrogen-bond acceptors (Lipinski definition) is 3. The first-order valence-corrected chi connectivity index (χ1v) is 10.9. The molecule has 3 nitrogen and oxygen atoms in total. The second-order valence-corrected chi connectivity index (χ2v) is 10.8. The molecule has 6 heteroatoms. The molecule has 2 aromatic rings. The minimum atomic E-state index is -0.631. The molecule has 26 heavy (non-hydrogen) atoms. The van der Waals surface area contributed by atoms with E-state index in [9.17, 15) is 0 Å². The van der Waals surface area contributed by atoms with Crippen LogP contribution in [0.25, 0.3) is 0 Å². The van der Waals surface area contributed by atoms with Crippen molar-refractivity contribution < 1.29 is 14.2 Å². The van der Waals surface area contributed by atoms with E-state index in [1.807, 2.05) is 6.07 Å². The molecule has 1 aliphatic rings. The van der Waals surface area contributed by atoms with Crippen molar-refractivity contribution in [1.82, 2.24) is 0 Å². The number of rotatable bonds is 4. The molecule has 3 rings (SSSR count). The summed E-state index contributed by atoms with van der Waals surface area (Å²) in [7, 11) is 5.06. The lowest BCUT2D eigenvalue weighted by atomic mass is 9.68. The van der Waals surface area contributed by atoms with E-state index in [0.717, 1.165) is 39.3 Å². The lowest BCUT2D eigenvalue weighted by Crippen LogP contribution is -2.34. The van der Waals surface area contributed by atoms with Crippen molar-refractivity contribution in [2.45, 2.75) is 27.8 Å². The van der Waals surface area contributed by atoms with Crippen LogP contribution in [-0.4, -0.2) is 21.3 Å². The SMILES string of the molecule is COc1cc(OC)c2c(c1)C(C)(C)c1cc(CBr)cc(OC)c1C2(Br)Br. The second kappa shape index (κ2) is 7.02. The summed E-state index contributed by atoms with van der Waals surface area (Å²) >= 11 is 11.4. The van der Waals surface area contributed by atoms with Crippen LogP contribution in [0.1, 0.15) is 41.7 Å². The molecule has 0 aliphatic heterocycles. The molecular formula is C20H21Br3O3. The van der Waals surface area contributed by atoms with Gasteiger partial charge in [0.1, 0.15) is 20.5 Å². The standard InChI is InChI=1S/C20H21Br3O3/c1-19(2)13-6-11(10-21)7-15(25-4)17(13)20(22,23)18-14(19)8-12(24-3)9-16(18)26-5/h6-9H,10H2,1-5H3. The highest BCUT2D eigenvalue weighted by atomic mass is 79.9. The predicted octanol–water partition coefficient (Wildman–Crippen LogP) is 6.24. The van der Waals surface area contributed by atoms with Gasteiger partial charge in [-0.3, -0.25) is 0 Å². The van der Waals surface area contributed by atoms with E-state index in [0.29, 0.717) is 0 Å². The lowest BCUT2D eigenvalue weighted by Gasteiger charge is -2.43. The van der Waals surface area contributed by atoms with Gasteiger partial charge in [-0.15, -0.1) is 0 Å². The normalized spacial score (nSPS) is 16.5. The molecule has 0 heterocycles. The third-order valence-corrected chi connectivity index (χ3v) is 7.28. The Morgan fingerprint density at radius 3 is 1.85 bits per heavy atom. The molecule has 0 N–H and O–H groups in total. The van der Waals surface area contributed by atoms with E-state index in [4.69, 9.17) is 14.2 Å². The monoisotopic (exact) mass is 546 g/mol. The fraction of sp³-hybridized carbons (Fsp3) is 0.400. The van der Waals surface area contributed by atoms with Crippen LogP contribution in [0.15, 0.2) is 24.3 Å². The third-order valence-electron chi connectivity index (χ3n) is 5.04. The van der Waals surface area contributed by atoms with E-state index in [1.54, 1.807) is 21.3 Å². The van der Waals surface area contributed by atoms with Gasteiger partial charge in [-0.1, -0.05) is 67.7 Å². The summed E-state index contributed by atoms with van der Waals surface area (Å²) in [5.41, 5.74) is 5.34. The summed E-state index contributed by atoms with van der Waals surface area (Å²) in [5, 5.41) is 0.762. The molecule has 0 unspecified atom stereocenters. The van der Waals surface area contributed by atoms with Crippen LogP contribution in [0.3, 0.4) is 0 Å². The lowest BCUT2D eigenvalue weighted by molar-refractivity contribution is 0.383. The van der Waals surface area contributed by atoms with E-state index >= 15 is 0 Å². The highest BCUT2D eigenvalue weighted by Crippen LogP contribution is 2.61. The zero-order chi connectivity index (χ0) is 19.3. The Morgan fingerprint density at radius 1 is 0.808 bits per heavy atom. The van der Waals surface area contributed by atoms with E-state index in [2.05, 4.69) is 79.8 Å². The number of ether oxygens (including phenoxy) is 3. The quantitative estimate of drug-likeness (QED) is 0.423. The molecule has 0 aromatic heterocycles. The molecule has 0 atom stereocenters. The van der Waals surface area contributed by atoms with E-state index in [-0.39, 0.29) is 5.41 Å². The second-order valence-electron chi connectivity index (χ2n) is 6.81. The van der Waals surface area contributed by atoms with Crippen LogP contribution >= 0.6 is 47.8 Å². The summed E-state index contributed by atoms with van der Waals surface area (Å²) < 4.78 is 16.4. The molecule has 0 spiro atoms. The van der Waals surface area contributed by atoms with Crippen molar-refractivity contribution in [3.8, 4) is 17.2 Å². The Labute approximate surface area is 179 Å². The van der Waals surface area contributed by atoms with E-state index < -0.39 is 3.23 Å². The maximum atomic E-state index is 5.77. The number of halogens is 3. The van der Waals surface area contributed by atoms with Gasteiger partial charge in [0.2, 0.25) is 0 Å². The fourth-order valence-electron chi connectivity index (χ4n) is 3.68. The minimum Gasteiger partial charge on any atom is -0.497 e. The Bertz CT molecular complexity index is 792. The summed E-state index contributed by atoms with van der Waals surface area (Å²) in [6.07, 6.45) is 0. The third kappa shape index (κ3) is 2.89. The molecule has 0 fully saturated rings. The van der Waals surface area contributed by atoms with Gasteiger partial charge in [0, 0.05) is 27.9 Å². The van der Waals surface area contributed by atoms with Crippen molar-refractivity contribution in [2.75, 3.05) is 21.3 Å². The Balaban J connectivity index is 2.45. The van der Waals surface area contributed by atoms with Crippen LogP contribution in [0.2, 0.25) is 0 Å². The smallest absolute Gasteiger partial charge is 0.138 e. The molecule has 0 saturated carbocycles. The zero-order valence-corrected chi connectivity index (χ0v) is 20.1. The first kappa shape index (κ1) is 20.0. The summed E-state index contributed by atoms with van der Waals surface area (Å²) in [6, 6.07) is 8.31. The maximum absolute atomic E-state index is 5.77. The molecule has 0 radical (unpaired) electrons. The van der Waals surface area contributed by atoms with Gasteiger partial charge < -0.3 is 14.2 Å². The van der Waals surface area contributed by atoms with Gasteiger partial charge in [0.25, 0.3) is 0 Å². The minimum absolute atomic E-state index is 0.261. The van der Waals surface area contributed by atoms with Gasteiger partial charge in [0.05, 0.1) is 21.3 Å². The van der Waals surface area contributed by atoms with Gasteiger partial charge in [0.15, 0.2) is 0 Å². The Morgan fingerprint density at radius 2 is 1.35 bits per heavy atom. The van der Waals surface area contributed by atoms with Crippen LogP contribution in [-0.2, 0) is 14.0 Å². The Kier molecular flexibility index (Phi) is 5.41. The molecule has 2 aromatic carbocycles. The number of benzene rings is 2. The van der Waals surface area contributed by atoms with Gasteiger partial charge >= 0.3 is 0 Å². The largest absolute Gasteiger partial charge is 0.497 e. The highest BCUT2D eigenvalue weighted by Gasteiger charge is 2.48. The van der Waals surface area contributed by atoms with Crippen molar-refractivity contribution in [3.05, 3.63) is 52.1 Å². The number of alkyl halides is 3. The summed E-state index contributed by atoms with van der Waals surface area (Å²) in [5.74, 6) is 2.37. The predicted molar refractivity (Wildman–Crippen MR) is 116 cm³/mol. The average molecular weight is 549 g/mol. The van der Waals surface area contributed by atoms with Crippen molar-refractivity contribution in [1.29, 1.82) is 0 Å². The number of hydrogen-bond donors (Lipinski definition) is 0. The molecule has 1 aliphatic carbocycles. The average Bonchev–Trinajstić information content (AvgIpc) is 2.64. The molecule has 0 amide bonds. The highest BCUT2D eigenvalue weighted by molar-refractivity contribution is 9.25. The number of methoxy groups -OCH3 is 3. The van der Waals surface area contributed by atoms with Crippen molar-refractivity contribution in [3.63, 3.8) is 0 Å². The topological polar surface area (TPSA) is 27.7 Å². The van der Waals surface area contributed by atoms with Gasteiger partial charge in [-0.2, -0.15) is 0 Å². The molecular weight excluding hydrogens is 528 g/mol. The van der Waals surface area contributed by atoms with Gasteiger partial charge in [-0.25, -0.2) is 0 Å². The van der Waals surface area contributed by atoms with Crippen LogP contribution < -0.4 is 14.2 Å². The molecule has 140 valence electrons. The summed E-state index contributed by atoms with van der Waals surface area (Å²) in [6.45, 7) is 4.44. The van der Waals surface area contributed by atoms with E-state index in [1.165, 1.54) is 11.1 Å². The first-order chi connectivity index (χ1) is 12.2. The maximum Gasteiger partial charge on any atom is 0.138 e. The number of fused-ring (bicyclic) bond motifs is 2. The Hall–Kier alpha value is -0.720. The zero-order valence-electron chi connectivity index (χ0n) is 15.4. The summed E-state index contributed by atoms with van der Waals surface area (Å²) in [4.78, 5) is 0. The van der Waals surface area contributed by atoms with Crippen LogP contribution in [0.4, 0.5) is 0 Å². The van der Waals surface area contributed by atoms with Crippen LogP contribution in [0.5, 0.6) is 17.2 Å². The van der Waals surface area contributed by atoms with Crippen molar-refractivity contribution >= 4 is 47.8 Å². The molecule has 0 bridgehead atoms.